The number of carbonyl (C=O) groups is 2. The number of hydrogen-bond acceptors (Lipinski definition) is 7. The van der Waals surface area contributed by atoms with Gasteiger partial charge < -0.3 is 20.7 Å². The molecule has 0 aromatic heterocycles. The molecule has 0 fully saturated rings. The van der Waals surface area contributed by atoms with E-state index in [4.69, 9.17) is 4.74 Å². The number of ether oxygens (including phenoxy) is 1. The van der Waals surface area contributed by atoms with Gasteiger partial charge in [0.2, 0.25) is 15.9 Å². The van der Waals surface area contributed by atoms with E-state index >= 15 is 0 Å². The summed E-state index contributed by atoms with van der Waals surface area (Å²) in [5.41, 5.74) is 2.70. The maximum absolute atomic E-state index is 12.4. The third-order valence-electron chi connectivity index (χ3n) is 5.55. The molecule has 4 rings (SSSR count). The Balaban J connectivity index is 1.67. The van der Waals surface area contributed by atoms with Crippen molar-refractivity contribution in [2.45, 2.75) is 25.4 Å². The lowest BCUT2D eigenvalue weighted by Gasteiger charge is -2.19. The predicted molar refractivity (Wildman–Crippen MR) is 115 cm³/mol. The zero-order valence-electron chi connectivity index (χ0n) is 16.9. The van der Waals surface area contributed by atoms with E-state index in [-0.39, 0.29) is 17.9 Å². The fourth-order valence-electron chi connectivity index (χ4n) is 3.80. The molecule has 0 spiro atoms. The Kier molecular flexibility index (Phi) is 4.42. The second-order valence-corrected chi connectivity index (χ2v) is 9.38. The largest absolute Gasteiger partial charge is 0.496 e. The Morgan fingerprint density at radius 3 is 2.40 bits per heavy atom. The van der Waals surface area contributed by atoms with Crippen LogP contribution in [0.4, 0.5) is 22.7 Å². The van der Waals surface area contributed by atoms with Crippen molar-refractivity contribution in [1.82, 2.24) is 0 Å². The van der Waals surface area contributed by atoms with Crippen LogP contribution in [0.3, 0.4) is 0 Å². The number of methoxy groups -OCH3 is 1. The van der Waals surface area contributed by atoms with Crippen LogP contribution in [0.25, 0.3) is 0 Å². The summed E-state index contributed by atoms with van der Waals surface area (Å²) in [5.74, 6) is -0.0615. The van der Waals surface area contributed by atoms with Gasteiger partial charge in [0.15, 0.2) is 0 Å². The molecule has 2 aliphatic heterocycles. The molecule has 9 nitrogen and oxygen atoms in total. The van der Waals surface area contributed by atoms with E-state index in [0.717, 1.165) is 23.2 Å². The van der Waals surface area contributed by atoms with Crippen LogP contribution in [-0.2, 0) is 25.0 Å². The third-order valence-corrected chi connectivity index (χ3v) is 6.16. The first kappa shape index (κ1) is 20.0. The maximum atomic E-state index is 12.4. The molecule has 2 aliphatic rings. The van der Waals surface area contributed by atoms with Crippen LogP contribution >= 0.6 is 0 Å². The van der Waals surface area contributed by atoms with Crippen LogP contribution in [0, 0.1) is 0 Å². The molecular weight excluding hydrogens is 408 g/mol. The van der Waals surface area contributed by atoms with Crippen molar-refractivity contribution in [2.24, 2.45) is 0 Å². The highest BCUT2D eigenvalue weighted by Crippen LogP contribution is 2.47. The number of amides is 1. The molecule has 0 saturated heterocycles. The monoisotopic (exact) mass is 430 g/mol. The van der Waals surface area contributed by atoms with Crippen LogP contribution in [0.15, 0.2) is 30.3 Å². The number of benzene rings is 2. The zero-order valence-corrected chi connectivity index (χ0v) is 17.7. The first-order valence-electron chi connectivity index (χ1n) is 9.23. The minimum absolute atomic E-state index is 0.225. The van der Waals surface area contributed by atoms with Crippen molar-refractivity contribution in [3.8, 4) is 5.75 Å². The van der Waals surface area contributed by atoms with Gasteiger partial charge in [-0.15, -0.1) is 0 Å². The number of nitrogens with one attached hydrogen (secondary N) is 4. The number of fused-ring (bicyclic) bond motifs is 2. The summed E-state index contributed by atoms with van der Waals surface area (Å²) < 4.78 is 30.8. The van der Waals surface area contributed by atoms with Crippen molar-refractivity contribution in [1.29, 1.82) is 0 Å². The van der Waals surface area contributed by atoms with Gasteiger partial charge in [-0.2, -0.15) is 0 Å². The normalized spacial score (nSPS) is 21.7. The van der Waals surface area contributed by atoms with E-state index in [1.54, 1.807) is 31.2 Å². The van der Waals surface area contributed by atoms with Crippen molar-refractivity contribution in [3.05, 3.63) is 41.5 Å². The highest BCUT2D eigenvalue weighted by molar-refractivity contribution is 7.92. The van der Waals surface area contributed by atoms with E-state index < -0.39 is 15.4 Å². The predicted octanol–water partition coefficient (Wildman–Crippen LogP) is 2.40. The number of ketones is 1. The van der Waals surface area contributed by atoms with Crippen LogP contribution in [0.5, 0.6) is 5.75 Å². The topological polar surface area (TPSA) is 126 Å². The Labute approximate surface area is 174 Å². The van der Waals surface area contributed by atoms with Crippen molar-refractivity contribution in [3.63, 3.8) is 0 Å². The van der Waals surface area contributed by atoms with Gasteiger partial charge in [0.1, 0.15) is 23.1 Å². The van der Waals surface area contributed by atoms with Crippen molar-refractivity contribution < 1.29 is 22.7 Å². The molecule has 2 unspecified atom stereocenters. The molecule has 2 aromatic carbocycles. The van der Waals surface area contributed by atoms with Crippen molar-refractivity contribution in [2.75, 3.05) is 34.0 Å². The molecule has 4 N–H and O–H groups in total. The van der Waals surface area contributed by atoms with Gasteiger partial charge >= 0.3 is 0 Å². The molecule has 0 bridgehead atoms. The van der Waals surface area contributed by atoms with E-state index in [9.17, 15) is 18.0 Å². The lowest BCUT2D eigenvalue weighted by molar-refractivity contribution is -0.130. The van der Waals surface area contributed by atoms with E-state index in [1.165, 1.54) is 14.0 Å². The van der Waals surface area contributed by atoms with Gasteiger partial charge in [0.05, 0.1) is 30.4 Å². The number of anilines is 4. The van der Waals surface area contributed by atoms with Gasteiger partial charge in [-0.3, -0.25) is 14.3 Å². The van der Waals surface area contributed by atoms with Gasteiger partial charge in [0.25, 0.3) is 0 Å². The molecule has 10 heteroatoms. The fraction of sp³-hybridized carbons (Fsp3) is 0.300. The first-order chi connectivity index (χ1) is 14.0. The van der Waals surface area contributed by atoms with Gasteiger partial charge in [-0.25, -0.2) is 8.42 Å². The van der Waals surface area contributed by atoms with Gasteiger partial charge in [-0.05, 0) is 38.1 Å². The maximum Gasteiger partial charge on any atom is 0.242 e. The van der Waals surface area contributed by atoms with Crippen LogP contribution in [-0.4, -0.2) is 33.5 Å². The lowest BCUT2D eigenvalue weighted by atomic mass is 9.80. The number of Topliss-reactive ketones (excluding diaryl/α,β-unsaturated/α-hetero) is 1. The molecule has 30 heavy (non-hydrogen) atoms. The highest BCUT2D eigenvalue weighted by Gasteiger charge is 2.47. The average molecular weight is 430 g/mol. The van der Waals surface area contributed by atoms with E-state index in [1.807, 2.05) is 6.07 Å². The second kappa shape index (κ2) is 6.63. The second-order valence-electron chi connectivity index (χ2n) is 7.63. The Morgan fingerprint density at radius 2 is 1.80 bits per heavy atom. The standard InChI is InChI=1S/C20H22N4O5S/c1-10(25)20(2)13-8-15-16(9-14(13)23-19(20)26)22-18(21-15)12-6-5-11(7-17(12)29-3)24-30(4,27)28/h5-9,18,21-22,24H,1-4H3,(H,23,26). The highest BCUT2D eigenvalue weighted by atomic mass is 32.2. The molecule has 158 valence electrons. The Hall–Kier alpha value is -3.27. The van der Waals surface area contributed by atoms with Crippen LogP contribution in [0.2, 0.25) is 0 Å². The number of sulfonamides is 1. The summed E-state index contributed by atoms with van der Waals surface area (Å²) in [4.78, 5) is 24.6. The Morgan fingerprint density at radius 1 is 1.13 bits per heavy atom. The summed E-state index contributed by atoms with van der Waals surface area (Å²) >= 11 is 0. The summed E-state index contributed by atoms with van der Waals surface area (Å²) in [6.45, 7) is 3.03. The van der Waals surface area contributed by atoms with Crippen LogP contribution < -0.4 is 25.4 Å². The minimum Gasteiger partial charge on any atom is -0.496 e. The molecule has 1 amide bonds. The number of carbonyl (C=O) groups excluding carboxylic acids is 2. The summed E-state index contributed by atoms with van der Waals surface area (Å²) in [6, 6.07) is 8.63. The smallest absolute Gasteiger partial charge is 0.242 e. The molecule has 0 saturated carbocycles. The van der Waals surface area contributed by atoms with Crippen LogP contribution in [0.1, 0.15) is 31.1 Å². The fourth-order valence-corrected chi connectivity index (χ4v) is 4.36. The Bertz CT molecular complexity index is 1190. The van der Waals surface area contributed by atoms with E-state index in [2.05, 4.69) is 20.7 Å². The minimum atomic E-state index is -3.41. The summed E-state index contributed by atoms with van der Waals surface area (Å²) in [7, 11) is -1.90. The molecular formula is C20H22N4O5S. The van der Waals surface area contributed by atoms with Gasteiger partial charge in [0, 0.05) is 22.9 Å². The van der Waals surface area contributed by atoms with Crippen molar-refractivity contribution >= 4 is 44.5 Å². The SMILES string of the molecule is COc1cc(NS(C)(=O)=O)ccc1C1Nc2cc3c(cc2N1)C(C)(C(C)=O)C(=O)N3. The quantitative estimate of drug-likeness (QED) is 0.537. The molecule has 2 atom stereocenters. The zero-order chi connectivity index (χ0) is 21.8. The lowest BCUT2D eigenvalue weighted by Crippen LogP contribution is -2.37. The number of rotatable bonds is 5. The molecule has 2 aromatic rings. The molecule has 2 heterocycles. The van der Waals surface area contributed by atoms with Gasteiger partial charge in [-0.1, -0.05) is 0 Å². The molecule has 0 radical (unpaired) electrons. The van der Waals surface area contributed by atoms with E-state index in [0.29, 0.717) is 22.7 Å². The number of hydrogen-bond donors (Lipinski definition) is 4. The average Bonchev–Trinajstić information content (AvgIpc) is 3.17. The third kappa shape index (κ3) is 3.13. The summed E-state index contributed by atoms with van der Waals surface area (Å²) in [6.07, 6.45) is 0.737. The first-order valence-corrected chi connectivity index (χ1v) is 11.1. The summed E-state index contributed by atoms with van der Waals surface area (Å²) in [5, 5.41) is 9.45. The molecule has 0 aliphatic carbocycles.